The van der Waals surface area contributed by atoms with Crippen LogP contribution in [0.1, 0.15) is 30.3 Å². The number of carbonyl (C=O) groups excluding carboxylic acids is 1. The molecular formula is C19H26N4O4. The van der Waals surface area contributed by atoms with Crippen LogP contribution in [-0.2, 0) is 0 Å². The highest BCUT2D eigenvalue weighted by molar-refractivity contribution is 6.03. The zero-order valence-corrected chi connectivity index (χ0v) is 16.4. The monoisotopic (exact) mass is 374 g/mol. The van der Waals surface area contributed by atoms with Gasteiger partial charge in [-0.3, -0.25) is 4.79 Å². The number of amides is 1. The van der Waals surface area contributed by atoms with Gasteiger partial charge in [-0.25, -0.2) is 0 Å². The van der Waals surface area contributed by atoms with Gasteiger partial charge in [0.15, 0.2) is 23.0 Å². The number of rotatable bonds is 9. The first-order valence-electron chi connectivity index (χ1n) is 8.70. The molecule has 1 N–H and O–H groups in total. The van der Waals surface area contributed by atoms with Gasteiger partial charge in [-0.1, -0.05) is 13.3 Å². The minimum absolute atomic E-state index is 0.219. The van der Waals surface area contributed by atoms with Gasteiger partial charge in [0.25, 0.3) is 5.91 Å². The van der Waals surface area contributed by atoms with Crippen LogP contribution < -0.4 is 24.4 Å². The van der Waals surface area contributed by atoms with E-state index in [0.29, 0.717) is 22.9 Å². The lowest BCUT2D eigenvalue weighted by Gasteiger charge is -2.17. The standard InChI is InChI=1S/C19H26N4O4/c1-6-7-10-23(2)17-9-8-14(21-22-17)19(24)20-13-11-15(25-3)18(27-5)16(12-13)26-4/h8-9,11-12H,6-7,10H2,1-5H3,(H,20,24). The molecule has 0 aliphatic carbocycles. The third-order valence-corrected chi connectivity index (χ3v) is 4.04. The number of nitrogens with zero attached hydrogens (tertiary/aromatic N) is 3. The maximum absolute atomic E-state index is 12.5. The molecule has 146 valence electrons. The fourth-order valence-electron chi connectivity index (χ4n) is 2.51. The average Bonchev–Trinajstić information content (AvgIpc) is 2.71. The largest absolute Gasteiger partial charge is 0.493 e. The average molecular weight is 374 g/mol. The molecule has 0 radical (unpaired) electrons. The van der Waals surface area contributed by atoms with Gasteiger partial charge in [0, 0.05) is 31.4 Å². The van der Waals surface area contributed by atoms with Gasteiger partial charge in [0.05, 0.1) is 21.3 Å². The van der Waals surface area contributed by atoms with Crippen molar-refractivity contribution < 1.29 is 19.0 Å². The topological polar surface area (TPSA) is 85.8 Å². The molecule has 0 saturated carbocycles. The van der Waals surface area contributed by atoms with Crippen molar-refractivity contribution >= 4 is 17.4 Å². The van der Waals surface area contributed by atoms with E-state index >= 15 is 0 Å². The van der Waals surface area contributed by atoms with Gasteiger partial charge in [-0.05, 0) is 18.6 Å². The molecule has 1 heterocycles. The van der Waals surface area contributed by atoms with Crippen molar-refractivity contribution in [2.45, 2.75) is 19.8 Å². The summed E-state index contributed by atoms with van der Waals surface area (Å²) in [4.78, 5) is 14.5. The summed E-state index contributed by atoms with van der Waals surface area (Å²) >= 11 is 0. The summed E-state index contributed by atoms with van der Waals surface area (Å²) in [7, 11) is 6.51. The summed E-state index contributed by atoms with van der Waals surface area (Å²) in [5, 5.41) is 10.9. The Bertz CT molecular complexity index is 740. The van der Waals surface area contributed by atoms with Crippen molar-refractivity contribution in [3.63, 3.8) is 0 Å². The fraction of sp³-hybridized carbons (Fsp3) is 0.421. The van der Waals surface area contributed by atoms with Crippen LogP contribution in [0.15, 0.2) is 24.3 Å². The normalized spacial score (nSPS) is 10.3. The Balaban J connectivity index is 2.15. The summed E-state index contributed by atoms with van der Waals surface area (Å²) in [6.45, 7) is 3.03. The quantitative estimate of drug-likeness (QED) is 0.722. The summed E-state index contributed by atoms with van der Waals surface area (Å²) < 4.78 is 15.9. The van der Waals surface area contributed by atoms with Crippen LogP contribution in [0.2, 0.25) is 0 Å². The minimum Gasteiger partial charge on any atom is -0.493 e. The zero-order valence-electron chi connectivity index (χ0n) is 16.4. The van der Waals surface area contributed by atoms with E-state index in [4.69, 9.17) is 14.2 Å². The molecule has 8 heteroatoms. The van der Waals surface area contributed by atoms with Crippen LogP contribution in [0.3, 0.4) is 0 Å². The molecule has 0 saturated heterocycles. The first-order chi connectivity index (χ1) is 13.0. The van der Waals surface area contributed by atoms with Crippen LogP contribution in [0.25, 0.3) is 0 Å². The molecule has 27 heavy (non-hydrogen) atoms. The van der Waals surface area contributed by atoms with Crippen molar-refractivity contribution in [1.29, 1.82) is 0 Å². The highest BCUT2D eigenvalue weighted by Gasteiger charge is 2.16. The number of ether oxygens (including phenoxy) is 3. The molecule has 1 aromatic carbocycles. The number of carbonyl (C=O) groups is 1. The summed E-state index contributed by atoms with van der Waals surface area (Å²) in [6, 6.07) is 6.74. The van der Waals surface area contributed by atoms with Gasteiger partial charge < -0.3 is 24.4 Å². The van der Waals surface area contributed by atoms with E-state index < -0.39 is 0 Å². The molecule has 2 rings (SSSR count). The van der Waals surface area contributed by atoms with Gasteiger partial charge in [-0.2, -0.15) is 0 Å². The lowest BCUT2D eigenvalue weighted by molar-refractivity contribution is 0.102. The van der Waals surface area contributed by atoms with E-state index in [2.05, 4.69) is 22.4 Å². The van der Waals surface area contributed by atoms with Crippen molar-refractivity contribution in [3.05, 3.63) is 30.0 Å². The Labute approximate surface area is 159 Å². The fourth-order valence-corrected chi connectivity index (χ4v) is 2.51. The molecule has 8 nitrogen and oxygen atoms in total. The summed E-state index contributed by atoms with van der Waals surface area (Å²) in [6.07, 6.45) is 2.18. The predicted molar refractivity (Wildman–Crippen MR) is 104 cm³/mol. The van der Waals surface area contributed by atoms with Crippen LogP contribution >= 0.6 is 0 Å². The molecule has 0 spiro atoms. The van der Waals surface area contributed by atoms with Crippen molar-refractivity contribution in [1.82, 2.24) is 10.2 Å². The van der Waals surface area contributed by atoms with E-state index in [-0.39, 0.29) is 11.6 Å². The number of methoxy groups -OCH3 is 3. The Hall–Kier alpha value is -3.03. The number of unbranched alkanes of at least 4 members (excludes halogenated alkanes) is 1. The smallest absolute Gasteiger partial charge is 0.276 e. The molecule has 0 fully saturated rings. The number of benzene rings is 1. The van der Waals surface area contributed by atoms with Crippen LogP contribution in [0, 0.1) is 0 Å². The van der Waals surface area contributed by atoms with Crippen LogP contribution in [0.5, 0.6) is 17.2 Å². The highest BCUT2D eigenvalue weighted by Crippen LogP contribution is 2.39. The van der Waals surface area contributed by atoms with E-state index in [1.807, 2.05) is 11.9 Å². The lowest BCUT2D eigenvalue weighted by Crippen LogP contribution is -2.21. The molecule has 0 aliphatic rings. The lowest BCUT2D eigenvalue weighted by atomic mass is 10.2. The van der Waals surface area contributed by atoms with Gasteiger partial charge in [0.1, 0.15) is 0 Å². The van der Waals surface area contributed by atoms with Gasteiger partial charge in [0.2, 0.25) is 5.75 Å². The second kappa shape index (κ2) is 9.61. The number of hydrogen-bond acceptors (Lipinski definition) is 7. The first-order valence-corrected chi connectivity index (χ1v) is 8.70. The van der Waals surface area contributed by atoms with Crippen molar-refractivity contribution in [2.24, 2.45) is 0 Å². The van der Waals surface area contributed by atoms with Crippen LogP contribution in [0.4, 0.5) is 11.5 Å². The Morgan fingerprint density at radius 3 is 2.22 bits per heavy atom. The van der Waals surface area contributed by atoms with Crippen molar-refractivity contribution in [3.8, 4) is 17.2 Å². The summed E-state index contributed by atoms with van der Waals surface area (Å²) in [5.41, 5.74) is 0.719. The molecule has 0 atom stereocenters. The number of hydrogen-bond donors (Lipinski definition) is 1. The maximum Gasteiger partial charge on any atom is 0.276 e. The third-order valence-electron chi connectivity index (χ3n) is 4.04. The van der Waals surface area contributed by atoms with E-state index in [1.165, 1.54) is 21.3 Å². The molecule has 2 aromatic rings. The van der Waals surface area contributed by atoms with E-state index in [9.17, 15) is 4.79 Å². The molecule has 0 unspecified atom stereocenters. The van der Waals surface area contributed by atoms with E-state index in [1.54, 1.807) is 24.3 Å². The molecule has 0 aliphatic heterocycles. The molecule has 1 amide bonds. The first kappa shape index (κ1) is 20.3. The molecule has 1 aromatic heterocycles. The second-order valence-electron chi connectivity index (χ2n) is 5.92. The second-order valence-corrected chi connectivity index (χ2v) is 5.92. The number of anilines is 2. The van der Waals surface area contributed by atoms with Crippen molar-refractivity contribution in [2.75, 3.05) is 45.1 Å². The molecular weight excluding hydrogens is 348 g/mol. The Morgan fingerprint density at radius 1 is 1.07 bits per heavy atom. The van der Waals surface area contributed by atoms with Crippen LogP contribution in [-0.4, -0.2) is 51.0 Å². The minimum atomic E-state index is -0.375. The number of nitrogens with one attached hydrogen (secondary N) is 1. The number of aromatic nitrogens is 2. The predicted octanol–water partition coefficient (Wildman–Crippen LogP) is 2.99. The highest BCUT2D eigenvalue weighted by atomic mass is 16.5. The SMILES string of the molecule is CCCCN(C)c1ccc(C(=O)Nc2cc(OC)c(OC)c(OC)c2)nn1. The van der Waals surface area contributed by atoms with E-state index in [0.717, 1.165) is 25.2 Å². The Morgan fingerprint density at radius 2 is 1.74 bits per heavy atom. The Kier molecular flexibility index (Phi) is 7.22. The van der Waals surface area contributed by atoms with Gasteiger partial charge in [-0.15, -0.1) is 10.2 Å². The summed E-state index contributed by atoms with van der Waals surface area (Å²) in [5.74, 6) is 1.71. The third kappa shape index (κ3) is 4.99. The maximum atomic E-state index is 12.5. The molecule has 0 bridgehead atoms. The zero-order chi connectivity index (χ0) is 19.8. The van der Waals surface area contributed by atoms with Gasteiger partial charge >= 0.3 is 0 Å².